The van der Waals surface area contributed by atoms with Gasteiger partial charge in [-0.05, 0) is 38.4 Å². The summed E-state index contributed by atoms with van der Waals surface area (Å²) >= 11 is 6.18. The zero-order valence-electron chi connectivity index (χ0n) is 9.20. The number of imidazole rings is 1. The van der Waals surface area contributed by atoms with Crippen LogP contribution < -0.4 is 5.32 Å². The van der Waals surface area contributed by atoms with E-state index in [9.17, 15) is 0 Å². The van der Waals surface area contributed by atoms with E-state index in [1.165, 1.54) is 12.8 Å². The molecule has 1 fully saturated rings. The second-order valence-electron chi connectivity index (χ2n) is 4.27. The number of fused-ring (bicyclic) bond motifs is 1. The lowest BCUT2D eigenvalue weighted by Gasteiger charge is -2.07. The standard InChI is InChI=1S/C12H14ClN3/c1-8-12(9-4-3-7-14-9)15-11-6-2-5-10(13)16(8)11/h2,5-6,9,14H,3-4,7H2,1H3. The molecule has 3 nitrogen and oxygen atoms in total. The molecule has 1 N–H and O–H groups in total. The summed E-state index contributed by atoms with van der Waals surface area (Å²) in [5.74, 6) is 0. The van der Waals surface area contributed by atoms with Gasteiger partial charge in [0.05, 0.1) is 11.7 Å². The number of hydrogen-bond donors (Lipinski definition) is 1. The maximum atomic E-state index is 6.18. The van der Waals surface area contributed by atoms with Gasteiger partial charge in [-0.3, -0.25) is 4.40 Å². The Bertz CT molecular complexity index is 526. The minimum atomic E-state index is 0.399. The van der Waals surface area contributed by atoms with Crippen molar-refractivity contribution < 1.29 is 0 Å². The number of nitrogens with zero attached hydrogens (tertiary/aromatic N) is 2. The molecule has 4 heteroatoms. The molecule has 16 heavy (non-hydrogen) atoms. The molecule has 0 spiro atoms. The Morgan fingerprint density at radius 3 is 3.06 bits per heavy atom. The average Bonchev–Trinajstić information content (AvgIpc) is 2.86. The van der Waals surface area contributed by atoms with E-state index in [2.05, 4.69) is 17.2 Å². The molecular formula is C12H14ClN3. The van der Waals surface area contributed by atoms with Crippen LogP contribution in [0, 0.1) is 6.92 Å². The van der Waals surface area contributed by atoms with E-state index in [0.717, 1.165) is 28.7 Å². The van der Waals surface area contributed by atoms with E-state index in [4.69, 9.17) is 11.6 Å². The number of pyridine rings is 1. The lowest BCUT2D eigenvalue weighted by Crippen LogP contribution is -2.14. The maximum absolute atomic E-state index is 6.18. The number of aryl methyl sites for hydroxylation is 1. The summed E-state index contributed by atoms with van der Waals surface area (Å²) in [6, 6.07) is 6.23. The van der Waals surface area contributed by atoms with E-state index < -0.39 is 0 Å². The molecule has 2 aromatic rings. The zero-order valence-corrected chi connectivity index (χ0v) is 9.96. The van der Waals surface area contributed by atoms with Crippen molar-refractivity contribution >= 4 is 17.2 Å². The van der Waals surface area contributed by atoms with E-state index in [-0.39, 0.29) is 0 Å². The monoisotopic (exact) mass is 235 g/mol. The molecule has 1 unspecified atom stereocenters. The SMILES string of the molecule is Cc1c(C2CCCN2)nc2cccc(Cl)n12. The van der Waals surface area contributed by atoms with Crippen LogP contribution in [0.15, 0.2) is 18.2 Å². The number of hydrogen-bond acceptors (Lipinski definition) is 2. The minimum Gasteiger partial charge on any atom is -0.309 e. The van der Waals surface area contributed by atoms with E-state index in [1.807, 2.05) is 22.6 Å². The van der Waals surface area contributed by atoms with Crippen molar-refractivity contribution in [3.05, 3.63) is 34.7 Å². The van der Waals surface area contributed by atoms with Gasteiger partial charge >= 0.3 is 0 Å². The molecule has 1 atom stereocenters. The van der Waals surface area contributed by atoms with Crippen LogP contribution in [0.1, 0.15) is 30.3 Å². The van der Waals surface area contributed by atoms with Crippen LogP contribution in [0.3, 0.4) is 0 Å². The number of rotatable bonds is 1. The Morgan fingerprint density at radius 1 is 1.50 bits per heavy atom. The van der Waals surface area contributed by atoms with Crippen LogP contribution in [0.5, 0.6) is 0 Å². The highest BCUT2D eigenvalue weighted by atomic mass is 35.5. The Kier molecular flexibility index (Phi) is 2.37. The molecule has 0 aromatic carbocycles. The predicted molar refractivity (Wildman–Crippen MR) is 64.9 cm³/mol. The second-order valence-corrected chi connectivity index (χ2v) is 4.66. The van der Waals surface area contributed by atoms with Gasteiger partial charge in [0, 0.05) is 5.69 Å². The smallest absolute Gasteiger partial charge is 0.138 e. The van der Waals surface area contributed by atoms with Gasteiger partial charge in [-0.1, -0.05) is 17.7 Å². The molecule has 0 radical (unpaired) electrons. The summed E-state index contributed by atoms with van der Waals surface area (Å²) in [7, 11) is 0. The summed E-state index contributed by atoms with van der Waals surface area (Å²) in [5.41, 5.74) is 3.24. The molecule has 3 rings (SSSR count). The third kappa shape index (κ3) is 1.43. The van der Waals surface area contributed by atoms with Gasteiger partial charge in [-0.15, -0.1) is 0 Å². The van der Waals surface area contributed by atoms with Crippen molar-refractivity contribution in [2.24, 2.45) is 0 Å². The van der Waals surface area contributed by atoms with Gasteiger partial charge in [0.25, 0.3) is 0 Å². The number of nitrogens with one attached hydrogen (secondary N) is 1. The Balaban J connectivity index is 2.19. The van der Waals surface area contributed by atoms with E-state index >= 15 is 0 Å². The van der Waals surface area contributed by atoms with Crippen LogP contribution in [0.4, 0.5) is 0 Å². The minimum absolute atomic E-state index is 0.399. The quantitative estimate of drug-likeness (QED) is 0.771. The predicted octanol–water partition coefficient (Wildman–Crippen LogP) is 2.72. The molecule has 84 valence electrons. The number of halogens is 1. The van der Waals surface area contributed by atoms with Crippen molar-refractivity contribution in [1.82, 2.24) is 14.7 Å². The fourth-order valence-electron chi connectivity index (χ4n) is 2.46. The first-order valence-electron chi connectivity index (χ1n) is 5.64. The third-order valence-corrected chi connectivity index (χ3v) is 3.55. The van der Waals surface area contributed by atoms with Gasteiger partial charge in [0.2, 0.25) is 0 Å². The van der Waals surface area contributed by atoms with Crippen molar-refractivity contribution in [3.8, 4) is 0 Å². The summed E-state index contributed by atoms with van der Waals surface area (Å²) in [5, 5.41) is 4.20. The second kappa shape index (κ2) is 3.75. The molecule has 0 saturated carbocycles. The van der Waals surface area contributed by atoms with Crippen LogP contribution in [-0.2, 0) is 0 Å². The van der Waals surface area contributed by atoms with Crippen molar-refractivity contribution in [2.75, 3.05) is 6.54 Å². The van der Waals surface area contributed by atoms with E-state index in [1.54, 1.807) is 0 Å². The topological polar surface area (TPSA) is 29.3 Å². The third-order valence-electron chi connectivity index (χ3n) is 3.25. The molecule has 0 amide bonds. The molecule has 3 heterocycles. The normalized spacial score (nSPS) is 20.8. The first-order chi connectivity index (χ1) is 7.77. The highest BCUT2D eigenvalue weighted by Crippen LogP contribution is 2.27. The summed E-state index contributed by atoms with van der Waals surface area (Å²) < 4.78 is 2.01. The average molecular weight is 236 g/mol. The molecule has 1 saturated heterocycles. The van der Waals surface area contributed by atoms with E-state index in [0.29, 0.717) is 6.04 Å². The van der Waals surface area contributed by atoms with Crippen LogP contribution in [0.2, 0.25) is 5.15 Å². The van der Waals surface area contributed by atoms with Crippen molar-refractivity contribution in [2.45, 2.75) is 25.8 Å². The highest BCUT2D eigenvalue weighted by Gasteiger charge is 2.22. The lowest BCUT2D eigenvalue weighted by molar-refractivity contribution is 0.627. The van der Waals surface area contributed by atoms with Crippen LogP contribution >= 0.6 is 11.6 Å². The molecule has 1 aliphatic heterocycles. The van der Waals surface area contributed by atoms with Gasteiger partial charge < -0.3 is 5.32 Å². The number of aromatic nitrogens is 2. The van der Waals surface area contributed by atoms with Gasteiger partial charge in [0.15, 0.2) is 0 Å². The lowest BCUT2D eigenvalue weighted by atomic mass is 10.1. The van der Waals surface area contributed by atoms with Crippen LogP contribution in [-0.4, -0.2) is 15.9 Å². The fourth-order valence-corrected chi connectivity index (χ4v) is 2.74. The molecular weight excluding hydrogens is 222 g/mol. The first kappa shape index (κ1) is 10.1. The molecule has 0 aliphatic carbocycles. The molecule has 2 aromatic heterocycles. The van der Waals surface area contributed by atoms with Crippen LogP contribution in [0.25, 0.3) is 5.65 Å². The van der Waals surface area contributed by atoms with Crippen molar-refractivity contribution in [1.29, 1.82) is 0 Å². The maximum Gasteiger partial charge on any atom is 0.138 e. The Morgan fingerprint density at radius 2 is 2.38 bits per heavy atom. The highest BCUT2D eigenvalue weighted by molar-refractivity contribution is 6.29. The first-order valence-corrected chi connectivity index (χ1v) is 6.02. The van der Waals surface area contributed by atoms with Gasteiger partial charge in [0.1, 0.15) is 10.8 Å². The fraction of sp³-hybridized carbons (Fsp3) is 0.417. The Hall–Kier alpha value is -1.06. The van der Waals surface area contributed by atoms with Gasteiger partial charge in [-0.25, -0.2) is 4.98 Å². The summed E-state index contributed by atoms with van der Waals surface area (Å²) in [6.07, 6.45) is 2.40. The van der Waals surface area contributed by atoms with Crippen molar-refractivity contribution in [3.63, 3.8) is 0 Å². The largest absolute Gasteiger partial charge is 0.309 e. The molecule has 0 bridgehead atoms. The zero-order chi connectivity index (χ0) is 11.1. The van der Waals surface area contributed by atoms with Gasteiger partial charge in [-0.2, -0.15) is 0 Å². The summed E-state index contributed by atoms with van der Waals surface area (Å²) in [6.45, 7) is 3.17. The molecule has 1 aliphatic rings. The Labute approximate surface area is 99.4 Å². The summed E-state index contributed by atoms with van der Waals surface area (Å²) in [4.78, 5) is 4.67.